The summed E-state index contributed by atoms with van der Waals surface area (Å²) in [4.78, 5) is 27.5. The van der Waals surface area contributed by atoms with E-state index in [1.54, 1.807) is 16.7 Å². The Bertz CT molecular complexity index is 763. The van der Waals surface area contributed by atoms with Crippen LogP contribution in [0.25, 0.3) is 0 Å². The molecule has 8 heteroatoms. The number of amides is 2. The molecule has 0 aliphatic carbocycles. The van der Waals surface area contributed by atoms with E-state index in [9.17, 15) is 9.59 Å². The van der Waals surface area contributed by atoms with Gasteiger partial charge in [-0.3, -0.25) is 9.59 Å². The Morgan fingerprint density at radius 1 is 1.36 bits per heavy atom. The predicted molar refractivity (Wildman–Crippen MR) is 80.9 cm³/mol. The van der Waals surface area contributed by atoms with Crippen molar-refractivity contribution in [1.82, 2.24) is 4.57 Å². The van der Waals surface area contributed by atoms with Crippen LogP contribution in [0.1, 0.15) is 10.4 Å². The molecule has 2 N–H and O–H groups in total. The number of rotatable bonds is 5. The molecule has 0 aliphatic heterocycles. The quantitative estimate of drug-likeness (QED) is 0.877. The van der Waals surface area contributed by atoms with Crippen molar-refractivity contribution in [2.24, 2.45) is 17.8 Å². The van der Waals surface area contributed by atoms with Gasteiger partial charge in [0.1, 0.15) is 0 Å². The number of methoxy groups -OCH3 is 1. The summed E-state index contributed by atoms with van der Waals surface area (Å²) in [6.07, 6.45) is 1.82. The van der Waals surface area contributed by atoms with Gasteiger partial charge in [-0.2, -0.15) is 4.99 Å². The van der Waals surface area contributed by atoms with Crippen molar-refractivity contribution in [1.29, 1.82) is 0 Å². The highest BCUT2D eigenvalue weighted by molar-refractivity contribution is 7.07. The van der Waals surface area contributed by atoms with E-state index in [-0.39, 0.29) is 6.61 Å². The van der Waals surface area contributed by atoms with Crippen molar-refractivity contribution in [3.05, 3.63) is 40.1 Å². The van der Waals surface area contributed by atoms with Gasteiger partial charge >= 0.3 is 0 Å². The number of hydrogen-bond acceptors (Lipinski definition) is 5. The second-order valence-electron chi connectivity index (χ2n) is 4.33. The first-order valence-electron chi connectivity index (χ1n) is 6.29. The fourth-order valence-corrected chi connectivity index (χ4v) is 2.38. The Balaban J connectivity index is 2.27. The van der Waals surface area contributed by atoms with Crippen LogP contribution < -0.4 is 20.0 Å². The first kappa shape index (κ1) is 15.8. The van der Waals surface area contributed by atoms with Crippen LogP contribution in [0, 0.1) is 0 Å². The van der Waals surface area contributed by atoms with Crippen molar-refractivity contribution in [3.63, 3.8) is 0 Å². The van der Waals surface area contributed by atoms with Gasteiger partial charge in [0.05, 0.1) is 7.11 Å². The predicted octanol–water partition coefficient (Wildman–Crippen LogP) is 0.700. The second kappa shape index (κ2) is 6.90. The molecular weight excluding hydrogens is 306 g/mol. The van der Waals surface area contributed by atoms with Gasteiger partial charge in [0, 0.05) is 24.2 Å². The number of aryl methyl sites for hydroxylation is 1. The van der Waals surface area contributed by atoms with Crippen molar-refractivity contribution in [3.8, 4) is 11.5 Å². The summed E-state index contributed by atoms with van der Waals surface area (Å²) in [6, 6.07) is 4.60. The highest BCUT2D eigenvalue weighted by atomic mass is 32.1. The third-order valence-electron chi connectivity index (χ3n) is 2.74. The number of carbonyl (C=O) groups excluding carboxylic acids is 2. The molecule has 2 rings (SSSR count). The first-order chi connectivity index (χ1) is 10.5. The lowest BCUT2D eigenvalue weighted by Crippen LogP contribution is -2.20. The normalized spacial score (nSPS) is 11.3. The zero-order valence-electron chi connectivity index (χ0n) is 12.1. The Morgan fingerprint density at radius 3 is 2.73 bits per heavy atom. The average molecular weight is 321 g/mol. The second-order valence-corrected chi connectivity index (χ2v) is 5.21. The molecule has 2 amide bonds. The van der Waals surface area contributed by atoms with Crippen LogP contribution >= 0.6 is 11.3 Å². The zero-order chi connectivity index (χ0) is 16.1. The van der Waals surface area contributed by atoms with Crippen molar-refractivity contribution < 1.29 is 19.1 Å². The van der Waals surface area contributed by atoms with Gasteiger partial charge in [0.15, 0.2) is 22.9 Å². The fourth-order valence-electron chi connectivity index (χ4n) is 1.65. The summed E-state index contributed by atoms with van der Waals surface area (Å²) in [5.41, 5.74) is 5.38. The van der Waals surface area contributed by atoms with E-state index in [1.165, 1.54) is 24.5 Å². The van der Waals surface area contributed by atoms with Crippen molar-refractivity contribution >= 4 is 23.2 Å². The SMILES string of the molecule is COc1cc(C(=O)N=c2sccn2C)ccc1OCC(N)=O. The van der Waals surface area contributed by atoms with Crippen LogP contribution in [0.5, 0.6) is 11.5 Å². The van der Waals surface area contributed by atoms with Gasteiger partial charge in [-0.05, 0) is 18.2 Å². The highest BCUT2D eigenvalue weighted by Crippen LogP contribution is 2.28. The van der Waals surface area contributed by atoms with Crippen LogP contribution in [0.2, 0.25) is 0 Å². The molecule has 22 heavy (non-hydrogen) atoms. The molecule has 0 saturated heterocycles. The van der Waals surface area contributed by atoms with E-state index < -0.39 is 11.8 Å². The average Bonchev–Trinajstić information content (AvgIpc) is 2.90. The molecule has 116 valence electrons. The Morgan fingerprint density at radius 2 is 2.14 bits per heavy atom. The topological polar surface area (TPSA) is 95.9 Å². The first-order valence-corrected chi connectivity index (χ1v) is 7.17. The van der Waals surface area contributed by atoms with Gasteiger partial charge in [-0.15, -0.1) is 11.3 Å². The molecule has 0 aliphatic rings. The lowest BCUT2D eigenvalue weighted by molar-refractivity contribution is -0.119. The number of hydrogen-bond donors (Lipinski definition) is 1. The minimum atomic E-state index is -0.595. The largest absolute Gasteiger partial charge is 0.493 e. The molecule has 1 aromatic carbocycles. The molecule has 7 nitrogen and oxygen atoms in total. The molecular formula is C14H15N3O4S. The molecule has 0 saturated carbocycles. The summed E-state index contributed by atoms with van der Waals surface area (Å²) in [7, 11) is 3.25. The lowest BCUT2D eigenvalue weighted by atomic mass is 10.2. The molecule has 1 aromatic heterocycles. The zero-order valence-corrected chi connectivity index (χ0v) is 12.9. The minimum Gasteiger partial charge on any atom is -0.493 e. The third kappa shape index (κ3) is 3.73. The summed E-state index contributed by atoms with van der Waals surface area (Å²) in [6.45, 7) is -0.265. The molecule has 0 radical (unpaired) electrons. The smallest absolute Gasteiger partial charge is 0.279 e. The van der Waals surface area contributed by atoms with Gasteiger partial charge in [0.25, 0.3) is 11.8 Å². The molecule has 0 unspecified atom stereocenters. The number of thiazole rings is 1. The lowest BCUT2D eigenvalue weighted by Gasteiger charge is -2.09. The van der Waals surface area contributed by atoms with Gasteiger partial charge in [-0.1, -0.05) is 0 Å². The Kier molecular flexibility index (Phi) is 4.95. The van der Waals surface area contributed by atoms with Gasteiger partial charge < -0.3 is 19.8 Å². The minimum absolute atomic E-state index is 0.265. The summed E-state index contributed by atoms with van der Waals surface area (Å²) in [5, 5.41) is 1.84. The molecule has 1 heterocycles. The fraction of sp³-hybridized carbons (Fsp3) is 0.214. The number of primary amides is 1. The molecule has 0 bridgehead atoms. The summed E-state index contributed by atoms with van der Waals surface area (Å²) >= 11 is 1.37. The van der Waals surface area contributed by atoms with E-state index in [0.717, 1.165) is 0 Å². The Hall–Kier alpha value is -2.61. The van der Waals surface area contributed by atoms with E-state index in [0.29, 0.717) is 21.9 Å². The third-order valence-corrected chi connectivity index (χ3v) is 3.59. The van der Waals surface area contributed by atoms with E-state index in [4.69, 9.17) is 15.2 Å². The highest BCUT2D eigenvalue weighted by Gasteiger charge is 2.11. The van der Waals surface area contributed by atoms with E-state index >= 15 is 0 Å². The number of aromatic nitrogens is 1. The van der Waals surface area contributed by atoms with Crippen molar-refractivity contribution in [2.75, 3.05) is 13.7 Å². The number of benzene rings is 1. The maximum Gasteiger partial charge on any atom is 0.279 e. The van der Waals surface area contributed by atoms with Crippen LogP contribution in [0.3, 0.4) is 0 Å². The molecule has 0 fully saturated rings. The number of nitrogens with zero attached hydrogens (tertiary/aromatic N) is 2. The van der Waals surface area contributed by atoms with Crippen molar-refractivity contribution in [2.45, 2.75) is 0 Å². The van der Waals surface area contributed by atoms with Crippen LogP contribution in [-0.4, -0.2) is 30.1 Å². The van der Waals surface area contributed by atoms with Crippen LogP contribution in [0.15, 0.2) is 34.8 Å². The Labute approximate surface area is 130 Å². The van der Waals surface area contributed by atoms with E-state index in [1.807, 2.05) is 18.6 Å². The number of carbonyl (C=O) groups is 2. The van der Waals surface area contributed by atoms with Crippen LogP contribution in [-0.2, 0) is 11.8 Å². The molecule has 0 spiro atoms. The standard InChI is InChI=1S/C14H15N3O4S/c1-17-5-6-22-14(17)16-13(19)9-3-4-10(11(7-9)20-2)21-8-12(15)18/h3-7H,8H2,1-2H3,(H2,15,18). The number of nitrogens with two attached hydrogens (primary N) is 1. The monoisotopic (exact) mass is 321 g/mol. The van der Waals surface area contributed by atoms with Crippen LogP contribution in [0.4, 0.5) is 0 Å². The number of ether oxygens (including phenoxy) is 2. The maximum absolute atomic E-state index is 12.2. The summed E-state index contributed by atoms with van der Waals surface area (Å²) in [5.74, 6) is -0.322. The van der Waals surface area contributed by atoms with Gasteiger partial charge in [-0.25, -0.2) is 0 Å². The summed E-state index contributed by atoms with van der Waals surface area (Å²) < 4.78 is 12.1. The molecule has 2 aromatic rings. The van der Waals surface area contributed by atoms with Gasteiger partial charge in [0.2, 0.25) is 0 Å². The maximum atomic E-state index is 12.2. The van der Waals surface area contributed by atoms with E-state index in [2.05, 4.69) is 4.99 Å². The molecule has 0 atom stereocenters.